The molecule has 2 atom stereocenters. The second-order valence-corrected chi connectivity index (χ2v) is 11.9. The van der Waals surface area contributed by atoms with Crippen LogP contribution in [0.5, 0.6) is 0 Å². The van der Waals surface area contributed by atoms with Crippen molar-refractivity contribution in [2.24, 2.45) is 11.8 Å². The molecule has 1 saturated heterocycles. The second-order valence-electron chi connectivity index (χ2n) is 11.9. The highest BCUT2D eigenvalue weighted by Crippen LogP contribution is 2.30. The topological polar surface area (TPSA) is 108 Å². The number of benzene rings is 2. The zero-order chi connectivity index (χ0) is 33.2. The van der Waals surface area contributed by atoms with Crippen LogP contribution >= 0.6 is 0 Å². The van der Waals surface area contributed by atoms with E-state index in [9.17, 15) is 19.5 Å². The van der Waals surface area contributed by atoms with Crippen LogP contribution < -0.4 is 10.6 Å². The molecule has 1 aliphatic heterocycles. The molecule has 1 aliphatic carbocycles. The average molecular weight is 624 g/mol. The Morgan fingerprint density at radius 1 is 1.00 bits per heavy atom. The zero-order valence-electron chi connectivity index (χ0n) is 28.5. The van der Waals surface area contributed by atoms with E-state index in [1.54, 1.807) is 13.1 Å². The Bertz CT molecular complexity index is 1190. The summed E-state index contributed by atoms with van der Waals surface area (Å²) in [7, 11) is 1.75. The summed E-state index contributed by atoms with van der Waals surface area (Å²) in [6.07, 6.45) is 9.07. The summed E-state index contributed by atoms with van der Waals surface area (Å²) >= 11 is 0. The van der Waals surface area contributed by atoms with Gasteiger partial charge in [-0.15, -0.1) is 0 Å². The van der Waals surface area contributed by atoms with E-state index >= 15 is 0 Å². The number of ether oxygens (including phenoxy) is 1. The SMILES string of the molecule is CC.CC(CC1CCCCC1)C(=O)N1CCOCC1.CCc1ccc(C(=O)NC(CCNC)C(=O)O)c(-c2ccccc2C)c1. The molecule has 0 spiro atoms. The van der Waals surface area contributed by atoms with E-state index in [1.165, 1.54) is 32.1 Å². The molecule has 8 nitrogen and oxygen atoms in total. The van der Waals surface area contributed by atoms with Crippen molar-refractivity contribution in [2.45, 2.75) is 92.0 Å². The number of aryl methyl sites for hydroxylation is 2. The van der Waals surface area contributed by atoms with Crippen molar-refractivity contribution in [3.63, 3.8) is 0 Å². The maximum Gasteiger partial charge on any atom is 0.326 e. The number of hydrogen-bond donors (Lipinski definition) is 3. The van der Waals surface area contributed by atoms with Gasteiger partial charge in [0.25, 0.3) is 5.91 Å². The Morgan fingerprint density at radius 3 is 2.27 bits per heavy atom. The lowest BCUT2D eigenvalue weighted by atomic mass is 9.83. The first kappa shape index (κ1) is 38.0. The molecule has 1 heterocycles. The summed E-state index contributed by atoms with van der Waals surface area (Å²) in [5.41, 5.74) is 4.50. The highest BCUT2D eigenvalue weighted by molar-refractivity contribution is 6.02. The summed E-state index contributed by atoms with van der Waals surface area (Å²) in [4.78, 5) is 38.5. The first-order chi connectivity index (χ1) is 21.7. The van der Waals surface area contributed by atoms with Gasteiger partial charge in [0, 0.05) is 24.6 Å². The van der Waals surface area contributed by atoms with Crippen LogP contribution in [0.3, 0.4) is 0 Å². The summed E-state index contributed by atoms with van der Waals surface area (Å²) in [5.74, 6) is -0.0514. The van der Waals surface area contributed by atoms with Gasteiger partial charge in [0.1, 0.15) is 6.04 Å². The fourth-order valence-electron chi connectivity index (χ4n) is 6.01. The number of carboxylic acids is 1. The van der Waals surface area contributed by atoms with Crippen LogP contribution in [-0.2, 0) is 20.7 Å². The third kappa shape index (κ3) is 12.2. The highest BCUT2D eigenvalue weighted by atomic mass is 16.5. The molecule has 2 fully saturated rings. The monoisotopic (exact) mass is 623 g/mol. The fourth-order valence-corrected chi connectivity index (χ4v) is 6.01. The zero-order valence-corrected chi connectivity index (χ0v) is 28.5. The van der Waals surface area contributed by atoms with E-state index in [1.807, 2.05) is 62.1 Å². The number of hydrogen-bond acceptors (Lipinski definition) is 5. The number of carboxylic acid groups (broad SMARTS) is 1. The Labute approximate surface area is 271 Å². The molecule has 1 saturated carbocycles. The van der Waals surface area contributed by atoms with Crippen molar-refractivity contribution < 1.29 is 24.2 Å². The summed E-state index contributed by atoms with van der Waals surface area (Å²) in [6, 6.07) is 12.7. The van der Waals surface area contributed by atoms with Gasteiger partial charge in [-0.3, -0.25) is 9.59 Å². The molecule has 250 valence electrons. The van der Waals surface area contributed by atoms with E-state index in [0.717, 1.165) is 54.1 Å². The van der Waals surface area contributed by atoms with Crippen LogP contribution in [0.1, 0.15) is 94.1 Å². The van der Waals surface area contributed by atoms with Gasteiger partial charge in [-0.1, -0.05) is 96.2 Å². The van der Waals surface area contributed by atoms with Crippen LogP contribution in [0, 0.1) is 18.8 Å². The minimum Gasteiger partial charge on any atom is -0.480 e. The summed E-state index contributed by atoms with van der Waals surface area (Å²) in [5, 5.41) is 14.9. The number of nitrogens with zero attached hydrogens (tertiary/aromatic N) is 1. The standard InChI is InChI=1S/C21H26N2O3.C14H25NO2.C2H6/c1-4-15-9-10-17(18(13-15)16-8-6-5-7-14(16)2)20(24)23-19(21(25)26)11-12-22-3;1-12(11-13-5-3-2-4-6-13)14(16)15-7-9-17-10-8-15;1-2/h5-10,13,19,22H,4,11-12H2,1-3H3,(H,23,24)(H,25,26);12-13H,2-11H2,1H3;1-2H3. The van der Waals surface area contributed by atoms with E-state index in [4.69, 9.17) is 4.74 Å². The first-order valence-electron chi connectivity index (χ1n) is 17.0. The quantitative estimate of drug-likeness (QED) is 0.264. The molecule has 0 radical (unpaired) electrons. The molecule has 3 N–H and O–H groups in total. The number of carbonyl (C=O) groups excluding carboxylic acids is 2. The van der Waals surface area contributed by atoms with Crippen molar-refractivity contribution in [3.8, 4) is 11.1 Å². The van der Waals surface area contributed by atoms with Crippen molar-refractivity contribution in [1.82, 2.24) is 15.5 Å². The largest absolute Gasteiger partial charge is 0.480 e. The van der Waals surface area contributed by atoms with Crippen LogP contribution in [0.15, 0.2) is 42.5 Å². The number of rotatable bonds is 11. The Balaban J connectivity index is 0.000000320. The van der Waals surface area contributed by atoms with E-state index in [-0.39, 0.29) is 11.8 Å². The molecule has 0 bridgehead atoms. The number of nitrogens with one attached hydrogen (secondary N) is 2. The van der Waals surface area contributed by atoms with Crippen LogP contribution in [-0.4, -0.2) is 73.7 Å². The van der Waals surface area contributed by atoms with Gasteiger partial charge in [-0.25, -0.2) is 4.79 Å². The predicted octanol–water partition coefficient (Wildman–Crippen LogP) is 6.49. The molecule has 4 rings (SSSR count). The van der Waals surface area contributed by atoms with E-state index in [2.05, 4.69) is 24.5 Å². The number of amides is 2. The lowest BCUT2D eigenvalue weighted by Crippen LogP contribution is -2.43. The smallest absolute Gasteiger partial charge is 0.326 e. The highest BCUT2D eigenvalue weighted by Gasteiger charge is 2.26. The molecule has 2 aromatic carbocycles. The summed E-state index contributed by atoms with van der Waals surface area (Å²) < 4.78 is 5.29. The molecule has 0 aromatic heterocycles. The minimum atomic E-state index is -1.03. The molecule has 2 amide bonds. The van der Waals surface area contributed by atoms with Crippen molar-refractivity contribution in [2.75, 3.05) is 39.9 Å². The minimum absolute atomic E-state index is 0.205. The van der Waals surface area contributed by atoms with Crippen LogP contribution in [0.25, 0.3) is 11.1 Å². The lowest BCUT2D eigenvalue weighted by Gasteiger charge is -2.31. The molecular formula is C37H57N3O5. The van der Waals surface area contributed by atoms with Gasteiger partial charge < -0.3 is 25.4 Å². The van der Waals surface area contributed by atoms with Gasteiger partial charge in [0.2, 0.25) is 5.91 Å². The number of aliphatic carboxylic acids is 1. The predicted molar refractivity (Wildman–Crippen MR) is 183 cm³/mol. The third-order valence-electron chi connectivity index (χ3n) is 8.61. The number of morpholine rings is 1. The normalized spacial score (nSPS) is 16.3. The van der Waals surface area contributed by atoms with Gasteiger partial charge in [-0.2, -0.15) is 0 Å². The van der Waals surface area contributed by atoms with Gasteiger partial charge in [0.05, 0.1) is 13.2 Å². The van der Waals surface area contributed by atoms with Crippen molar-refractivity contribution >= 4 is 17.8 Å². The Hall–Kier alpha value is -3.23. The Kier molecular flexibility index (Phi) is 17.5. The number of carbonyl (C=O) groups is 3. The molecule has 8 heteroatoms. The first-order valence-corrected chi connectivity index (χ1v) is 17.0. The second kappa shape index (κ2) is 20.7. The average Bonchev–Trinajstić information content (AvgIpc) is 3.08. The maximum atomic E-state index is 12.8. The van der Waals surface area contributed by atoms with Gasteiger partial charge in [-0.05, 0) is 74.0 Å². The van der Waals surface area contributed by atoms with E-state index in [0.29, 0.717) is 37.6 Å². The van der Waals surface area contributed by atoms with Gasteiger partial charge in [0.15, 0.2) is 0 Å². The van der Waals surface area contributed by atoms with Crippen LogP contribution in [0.2, 0.25) is 0 Å². The maximum absolute atomic E-state index is 12.8. The third-order valence-corrected chi connectivity index (χ3v) is 8.61. The fraction of sp³-hybridized carbons (Fsp3) is 0.595. The van der Waals surface area contributed by atoms with Crippen molar-refractivity contribution in [1.29, 1.82) is 0 Å². The molecule has 2 aromatic rings. The molecule has 45 heavy (non-hydrogen) atoms. The molecule has 2 aliphatic rings. The van der Waals surface area contributed by atoms with Crippen LogP contribution in [0.4, 0.5) is 0 Å². The molecule has 2 unspecified atom stereocenters. The van der Waals surface area contributed by atoms with Gasteiger partial charge >= 0.3 is 5.97 Å². The lowest BCUT2D eigenvalue weighted by molar-refractivity contribution is -0.140. The summed E-state index contributed by atoms with van der Waals surface area (Å²) in [6.45, 7) is 13.7. The Morgan fingerprint density at radius 2 is 1.67 bits per heavy atom. The van der Waals surface area contributed by atoms with E-state index < -0.39 is 12.0 Å². The van der Waals surface area contributed by atoms with Crippen molar-refractivity contribution in [3.05, 3.63) is 59.2 Å². The molecular weight excluding hydrogens is 566 g/mol.